The van der Waals surface area contributed by atoms with Crippen molar-refractivity contribution in [2.45, 2.75) is 59.1 Å². The highest BCUT2D eigenvalue weighted by Gasteiger charge is 2.27. The normalized spacial score (nSPS) is 11.8. The number of phosphoric acid groups is 1. The number of hydrogen-bond donors (Lipinski definition) is 2. The van der Waals surface area contributed by atoms with E-state index in [9.17, 15) is 18.9 Å². The van der Waals surface area contributed by atoms with Crippen LogP contribution >= 0.6 is 31.3 Å². The van der Waals surface area contributed by atoms with E-state index in [-0.39, 0.29) is 54.7 Å². The van der Waals surface area contributed by atoms with Gasteiger partial charge in [-0.2, -0.15) is 0 Å². The topological polar surface area (TPSA) is 165 Å². The molecule has 0 saturated carbocycles. The Morgan fingerprint density at radius 2 is 1.58 bits per heavy atom. The number of thioether (sulfide) groups is 2. The third-order valence-electron chi connectivity index (χ3n) is 5.01. The molecule has 38 heavy (non-hydrogen) atoms. The van der Waals surface area contributed by atoms with E-state index in [1.54, 1.807) is 10.6 Å². The van der Waals surface area contributed by atoms with Crippen LogP contribution in [0.2, 0.25) is 0 Å². The van der Waals surface area contributed by atoms with Gasteiger partial charge >= 0.3 is 7.82 Å². The van der Waals surface area contributed by atoms with Crippen molar-refractivity contribution in [2.24, 2.45) is 0 Å². The van der Waals surface area contributed by atoms with E-state index in [4.69, 9.17) is 24.0 Å². The number of carbonyl (C=O) groups excluding carboxylic acids is 2. The Hall–Kier alpha value is -1.67. The molecule has 0 atom stereocenters. The van der Waals surface area contributed by atoms with Crippen molar-refractivity contribution in [3.63, 3.8) is 0 Å². The maximum atomic E-state index is 13.1. The van der Waals surface area contributed by atoms with Crippen LogP contribution in [-0.2, 0) is 39.2 Å². The number of nitrogens with two attached hydrogens (primary N) is 1. The zero-order valence-corrected chi connectivity index (χ0v) is 24.4. The molecule has 0 fully saturated rings. The summed E-state index contributed by atoms with van der Waals surface area (Å²) in [6.07, 6.45) is 5.94. The minimum absolute atomic E-state index is 0.000233. The lowest BCUT2D eigenvalue weighted by Crippen LogP contribution is -2.12. The molecule has 0 aromatic carbocycles. The van der Waals surface area contributed by atoms with Gasteiger partial charge in [-0.05, 0) is 12.8 Å². The minimum atomic E-state index is -3.94. The first-order valence-corrected chi connectivity index (χ1v) is 16.0. The van der Waals surface area contributed by atoms with Gasteiger partial charge in [0.1, 0.15) is 12.5 Å². The summed E-state index contributed by atoms with van der Waals surface area (Å²) >= 11 is 2.24. The van der Waals surface area contributed by atoms with Crippen molar-refractivity contribution in [2.75, 3.05) is 43.7 Å². The lowest BCUT2D eigenvalue weighted by Gasteiger charge is -2.18. The zero-order valence-electron chi connectivity index (χ0n) is 21.8. The number of H-pyrrole nitrogens is 1. The first-order valence-electron chi connectivity index (χ1n) is 12.5. The van der Waals surface area contributed by atoms with Crippen LogP contribution < -0.4 is 11.3 Å². The Bertz CT molecular complexity index is 1090. The van der Waals surface area contributed by atoms with Gasteiger partial charge in [0.05, 0.1) is 38.3 Å². The summed E-state index contributed by atoms with van der Waals surface area (Å²) in [5.74, 6) is 0.838. The van der Waals surface area contributed by atoms with E-state index in [1.807, 2.05) is 13.8 Å². The van der Waals surface area contributed by atoms with Gasteiger partial charge < -0.3 is 20.0 Å². The molecule has 2 aromatic heterocycles. The molecule has 2 aromatic rings. The van der Waals surface area contributed by atoms with Gasteiger partial charge in [-0.3, -0.25) is 28.0 Å². The lowest BCUT2D eigenvalue weighted by atomic mass is 10.3. The van der Waals surface area contributed by atoms with Gasteiger partial charge in [0.2, 0.25) is 0 Å². The third kappa shape index (κ3) is 12.0. The van der Waals surface area contributed by atoms with Gasteiger partial charge in [-0.15, -0.1) is 0 Å². The summed E-state index contributed by atoms with van der Waals surface area (Å²) in [4.78, 5) is 42.1. The molecule has 2 heterocycles. The maximum Gasteiger partial charge on any atom is 0.474 e. The van der Waals surface area contributed by atoms with Crippen molar-refractivity contribution < 1.29 is 32.5 Å². The number of aromatic nitrogens is 3. The highest BCUT2D eigenvalue weighted by atomic mass is 32.2. The summed E-state index contributed by atoms with van der Waals surface area (Å²) in [6, 6.07) is 1.58. The Kier molecular flexibility index (Phi) is 15.3. The number of pyridine rings is 1. The van der Waals surface area contributed by atoms with Crippen LogP contribution in [0, 0.1) is 0 Å². The maximum absolute atomic E-state index is 13.1. The number of anilines is 1. The number of fused-ring (bicyclic) bond motifs is 1. The Morgan fingerprint density at radius 3 is 2.16 bits per heavy atom. The van der Waals surface area contributed by atoms with Crippen molar-refractivity contribution >= 4 is 58.4 Å². The Balaban J connectivity index is 1.81. The van der Waals surface area contributed by atoms with E-state index >= 15 is 0 Å². The number of imidazole rings is 1. The van der Waals surface area contributed by atoms with Gasteiger partial charge in [0, 0.05) is 30.4 Å². The summed E-state index contributed by atoms with van der Waals surface area (Å²) < 4.78 is 36.5. The molecule has 0 saturated heterocycles. The van der Waals surface area contributed by atoms with Gasteiger partial charge in [-0.25, -0.2) is 9.55 Å². The van der Waals surface area contributed by atoms with Gasteiger partial charge in [0.15, 0.2) is 15.7 Å². The average Bonchev–Trinajstić information content (AvgIpc) is 3.29. The lowest BCUT2D eigenvalue weighted by molar-refractivity contribution is -0.111. The molecule has 2 rings (SSSR count). The molecule has 214 valence electrons. The summed E-state index contributed by atoms with van der Waals surface area (Å²) in [7, 11) is -3.94. The van der Waals surface area contributed by atoms with Crippen molar-refractivity contribution in [1.82, 2.24) is 14.5 Å². The molecular weight excluding hydrogens is 555 g/mol. The number of phosphoric ester groups is 1. The number of rotatable bonds is 20. The van der Waals surface area contributed by atoms with E-state index < -0.39 is 13.4 Å². The highest BCUT2D eigenvalue weighted by molar-refractivity contribution is 8.13. The number of ether oxygens (including phenoxy) is 1. The van der Waals surface area contributed by atoms with Crippen LogP contribution in [0.4, 0.5) is 5.82 Å². The zero-order chi connectivity index (χ0) is 27.8. The van der Waals surface area contributed by atoms with E-state index in [0.29, 0.717) is 29.9 Å². The molecule has 0 amide bonds. The number of unbranched alkanes of at least 4 members (excludes halogenated alkanes) is 2. The second-order valence-electron chi connectivity index (χ2n) is 8.13. The van der Waals surface area contributed by atoms with Crippen molar-refractivity contribution in [1.29, 1.82) is 0 Å². The number of carbonyl (C=O) groups is 2. The predicted octanol–water partition coefficient (Wildman–Crippen LogP) is 4.34. The second-order valence-corrected chi connectivity index (χ2v) is 12.1. The number of nitrogen functional groups attached to an aromatic ring is 1. The van der Waals surface area contributed by atoms with E-state index in [1.165, 1.54) is 6.33 Å². The monoisotopic (exact) mass is 592 g/mol. The quantitative estimate of drug-likeness (QED) is 0.165. The SMILES string of the molecule is CCCCC(=O)SCCOP(=O)(OCCOCn1cnc2c(=O)[nH]c(N)cc21)OCCSC(=O)CCCC. The van der Waals surface area contributed by atoms with E-state index in [0.717, 1.165) is 49.2 Å². The molecule has 0 aliphatic rings. The van der Waals surface area contributed by atoms with Crippen molar-refractivity contribution in [3.05, 3.63) is 22.7 Å². The number of nitrogens with zero attached hydrogens (tertiary/aromatic N) is 2. The van der Waals surface area contributed by atoms with Crippen LogP contribution in [-0.4, -0.2) is 62.7 Å². The molecule has 0 aliphatic heterocycles. The van der Waals surface area contributed by atoms with Gasteiger partial charge in [0.25, 0.3) is 5.56 Å². The molecule has 0 aliphatic carbocycles. The molecular formula is C23H37N4O8PS2. The molecule has 15 heteroatoms. The molecule has 0 unspecified atom stereocenters. The second kappa shape index (κ2) is 17.8. The summed E-state index contributed by atoms with van der Waals surface area (Å²) in [5.41, 5.74) is 6.05. The fourth-order valence-electron chi connectivity index (χ4n) is 3.07. The third-order valence-corrected chi connectivity index (χ3v) is 8.30. The summed E-state index contributed by atoms with van der Waals surface area (Å²) in [5, 5.41) is 0.108. The molecule has 0 spiro atoms. The molecule has 0 radical (unpaired) electrons. The number of hydrogen-bond acceptors (Lipinski definition) is 12. The number of nitrogens with one attached hydrogen (secondary N) is 1. The molecule has 3 N–H and O–H groups in total. The van der Waals surface area contributed by atoms with E-state index in [2.05, 4.69) is 9.97 Å². The largest absolute Gasteiger partial charge is 0.474 e. The first-order chi connectivity index (χ1) is 18.3. The average molecular weight is 593 g/mol. The summed E-state index contributed by atoms with van der Waals surface area (Å²) in [6.45, 7) is 4.03. The highest BCUT2D eigenvalue weighted by Crippen LogP contribution is 2.49. The smallest absolute Gasteiger partial charge is 0.385 e. The van der Waals surface area contributed by atoms with Crippen LogP contribution in [0.5, 0.6) is 0 Å². The van der Waals surface area contributed by atoms with Gasteiger partial charge in [-0.1, -0.05) is 50.2 Å². The molecule has 12 nitrogen and oxygen atoms in total. The minimum Gasteiger partial charge on any atom is -0.385 e. The number of aromatic amines is 1. The Morgan fingerprint density at radius 1 is 1.00 bits per heavy atom. The van der Waals surface area contributed by atoms with Crippen LogP contribution in [0.3, 0.4) is 0 Å². The van der Waals surface area contributed by atoms with Crippen molar-refractivity contribution in [3.8, 4) is 0 Å². The Labute approximate surface area is 230 Å². The van der Waals surface area contributed by atoms with Crippen LogP contribution in [0.15, 0.2) is 17.2 Å². The standard InChI is InChI=1S/C23H37N4O8PS2/c1-3-5-7-20(28)37-13-11-34-36(31,35-12-14-38-21(29)8-6-4-2)33-10-9-32-17-27-16-25-22-18(27)15-19(24)26-23(22)30/h15-16H,3-14,17H2,1-2H3,(H3,24,26,30). The fraction of sp³-hybridized carbons (Fsp3) is 0.652. The van der Waals surface area contributed by atoms with Crippen LogP contribution in [0.25, 0.3) is 11.0 Å². The van der Waals surface area contributed by atoms with Crippen LogP contribution in [0.1, 0.15) is 52.4 Å². The fourth-order valence-corrected chi connectivity index (χ4v) is 5.84. The predicted molar refractivity (Wildman–Crippen MR) is 150 cm³/mol. The first kappa shape index (κ1) is 32.5. The molecule has 0 bridgehead atoms.